The van der Waals surface area contributed by atoms with E-state index in [1.165, 1.54) is 19.4 Å². The maximum absolute atomic E-state index is 12.0. The van der Waals surface area contributed by atoms with Crippen LogP contribution in [0.25, 0.3) is 0 Å². The molecular formula is C14H24N2O3. The van der Waals surface area contributed by atoms with E-state index in [1.54, 1.807) is 0 Å². The van der Waals surface area contributed by atoms with Crippen LogP contribution < -0.4 is 0 Å². The number of carboxylic acid groups (broad SMARTS) is 1. The summed E-state index contributed by atoms with van der Waals surface area (Å²) in [6, 6.07) is 0. The fraction of sp³-hybridized carbons (Fsp3) is 0.857. The first kappa shape index (κ1) is 14.3. The van der Waals surface area contributed by atoms with Gasteiger partial charge in [-0.15, -0.1) is 0 Å². The molecule has 1 aliphatic carbocycles. The summed E-state index contributed by atoms with van der Waals surface area (Å²) in [5.74, 6) is 0.113. The van der Waals surface area contributed by atoms with Crippen molar-refractivity contribution in [2.24, 2.45) is 11.8 Å². The van der Waals surface area contributed by atoms with Crippen LogP contribution in [-0.2, 0) is 9.59 Å². The molecule has 2 fully saturated rings. The quantitative estimate of drug-likeness (QED) is 0.782. The minimum atomic E-state index is -0.824. The monoisotopic (exact) mass is 268 g/mol. The topological polar surface area (TPSA) is 60.9 Å². The minimum absolute atomic E-state index is 0.0745. The maximum Gasteiger partial charge on any atom is 0.303 e. The number of carboxylic acids is 1. The summed E-state index contributed by atoms with van der Waals surface area (Å²) in [5, 5.41) is 8.70. The average molecular weight is 268 g/mol. The number of piperazine rings is 1. The highest BCUT2D eigenvalue weighted by Crippen LogP contribution is 2.29. The van der Waals surface area contributed by atoms with E-state index in [4.69, 9.17) is 5.11 Å². The van der Waals surface area contributed by atoms with E-state index >= 15 is 0 Å². The molecule has 0 aromatic carbocycles. The average Bonchev–Trinajstić information content (AvgIpc) is 3.12. The summed E-state index contributed by atoms with van der Waals surface area (Å²) in [6.45, 7) is 6.55. The number of hydrogen-bond acceptors (Lipinski definition) is 3. The van der Waals surface area contributed by atoms with E-state index in [0.29, 0.717) is 6.42 Å². The second-order valence-electron chi connectivity index (χ2n) is 6.03. The SMILES string of the molecule is CC(CC(=O)O)CC(=O)N1CCN(CC2CC2)CC1. The van der Waals surface area contributed by atoms with Crippen molar-refractivity contribution in [3.8, 4) is 0 Å². The fourth-order valence-electron chi connectivity index (χ4n) is 2.64. The maximum atomic E-state index is 12.0. The Morgan fingerprint density at radius 1 is 1.16 bits per heavy atom. The molecule has 5 heteroatoms. The Kier molecular flexibility index (Phi) is 4.80. The van der Waals surface area contributed by atoms with Crippen molar-refractivity contribution in [3.63, 3.8) is 0 Å². The molecule has 1 heterocycles. The van der Waals surface area contributed by atoms with E-state index in [9.17, 15) is 9.59 Å². The summed E-state index contributed by atoms with van der Waals surface area (Å²) in [7, 11) is 0. The lowest BCUT2D eigenvalue weighted by molar-refractivity contribution is -0.139. The van der Waals surface area contributed by atoms with Gasteiger partial charge in [0.1, 0.15) is 0 Å². The minimum Gasteiger partial charge on any atom is -0.481 e. The number of rotatable bonds is 6. The molecule has 19 heavy (non-hydrogen) atoms. The summed E-state index contributed by atoms with van der Waals surface area (Å²) >= 11 is 0. The molecule has 5 nitrogen and oxygen atoms in total. The van der Waals surface area contributed by atoms with Gasteiger partial charge in [-0.1, -0.05) is 6.92 Å². The molecular weight excluding hydrogens is 244 g/mol. The van der Waals surface area contributed by atoms with Gasteiger partial charge in [0.2, 0.25) is 5.91 Å². The normalized spacial score (nSPS) is 22.3. The third-order valence-electron chi connectivity index (χ3n) is 3.98. The first-order valence-corrected chi connectivity index (χ1v) is 7.26. The first-order chi connectivity index (χ1) is 9.04. The largest absolute Gasteiger partial charge is 0.481 e. The van der Waals surface area contributed by atoms with Gasteiger partial charge in [0.05, 0.1) is 0 Å². The zero-order chi connectivity index (χ0) is 13.8. The van der Waals surface area contributed by atoms with E-state index in [0.717, 1.165) is 32.1 Å². The van der Waals surface area contributed by atoms with E-state index in [-0.39, 0.29) is 18.2 Å². The Morgan fingerprint density at radius 2 is 1.79 bits per heavy atom. The highest BCUT2D eigenvalue weighted by Gasteiger charge is 2.28. The molecule has 0 aromatic heterocycles. The number of carbonyl (C=O) groups excluding carboxylic acids is 1. The molecule has 108 valence electrons. The first-order valence-electron chi connectivity index (χ1n) is 7.26. The van der Waals surface area contributed by atoms with Crippen molar-refractivity contribution < 1.29 is 14.7 Å². The third-order valence-corrected chi connectivity index (χ3v) is 3.98. The van der Waals surface area contributed by atoms with Crippen LogP contribution in [0.2, 0.25) is 0 Å². The Labute approximate surface area is 114 Å². The summed E-state index contributed by atoms with van der Waals surface area (Å²) in [5.41, 5.74) is 0. The second-order valence-corrected chi connectivity index (χ2v) is 6.03. The molecule has 0 spiro atoms. The van der Waals surface area contributed by atoms with Gasteiger partial charge in [0.15, 0.2) is 0 Å². The molecule has 2 aliphatic rings. The predicted molar refractivity (Wildman–Crippen MR) is 71.8 cm³/mol. The Morgan fingerprint density at radius 3 is 2.32 bits per heavy atom. The number of aliphatic carboxylic acids is 1. The molecule has 0 aromatic rings. The number of carbonyl (C=O) groups is 2. The standard InChI is InChI=1S/C14H24N2O3/c1-11(9-14(18)19)8-13(17)16-6-4-15(5-7-16)10-12-2-3-12/h11-12H,2-10H2,1H3,(H,18,19). The van der Waals surface area contributed by atoms with Crippen LogP contribution in [0.3, 0.4) is 0 Å². The summed E-state index contributed by atoms with van der Waals surface area (Å²) in [4.78, 5) is 27.0. The van der Waals surface area contributed by atoms with Crippen LogP contribution in [0.1, 0.15) is 32.6 Å². The van der Waals surface area contributed by atoms with Crippen LogP contribution in [-0.4, -0.2) is 59.5 Å². The second kappa shape index (κ2) is 6.37. The highest BCUT2D eigenvalue weighted by atomic mass is 16.4. The van der Waals surface area contributed by atoms with Crippen molar-refractivity contribution in [1.29, 1.82) is 0 Å². The zero-order valence-electron chi connectivity index (χ0n) is 11.7. The van der Waals surface area contributed by atoms with Gasteiger partial charge < -0.3 is 10.0 Å². The number of nitrogens with zero attached hydrogens (tertiary/aromatic N) is 2. The molecule has 1 atom stereocenters. The van der Waals surface area contributed by atoms with Gasteiger partial charge in [-0.3, -0.25) is 14.5 Å². The van der Waals surface area contributed by atoms with E-state index < -0.39 is 5.97 Å². The Hall–Kier alpha value is -1.10. The Balaban J connectivity index is 1.67. The van der Waals surface area contributed by atoms with E-state index in [1.807, 2.05) is 11.8 Å². The number of amides is 1. The molecule has 2 rings (SSSR count). The third kappa shape index (κ3) is 4.82. The lowest BCUT2D eigenvalue weighted by atomic mass is 10.0. The van der Waals surface area contributed by atoms with Gasteiger partial charge in [-0.25, -0.2) is 0 Å². The molecule has 1 saturated heterocycles. The van der Waals surface area contributed by atoms with Crippen LogP contribution >= 0.6 is 0 Å². The lowest BCUT2D eigenvalue weighted by Gasteiger charge is -2.35. The summed E-state index contributed by atoms with van der Waals surface area (Å²) < 4.78 is 0. The smallest absolute Gasteiger partial charge is 0.303 e. The van der Waals surface area contributed by atoms with Crippen molar-refractivity contribution in [1.82, 2.24) is 9.80 Å². The molecule has 0 bridgehead atoms. The van der Waals surface area contributed by atoms with Crippen LogP contribution in [0.5, 0.6) is 0 Å². The van der Waals surface area contributed by atoms with Gasteiger partial charge in [-0.05, 0) is 24.7 Å². The molecule has 1 unspecified atom stereocenters. The van der Waals surface area contributed by atoms with Crippen LogP contribution in [0, 0.1) is 11.8 Å². The van der Waals surface area contributed by atoms with Crippen molar-refractivity contribution in [2.45, 2.75) is 32.6 Å². The van der Waals surface area contributed by atoms with Crippen LogP contribution in [0.15, 0.2) is 0 Å². The van der Waals surface area contributed by atoms with Gasteiger partial charge in [-0.2, -0.15) is 0 Å². The number of hydrogen-bond donors (Lipinski definition) is 1. The van der Waals surface area contributed by atoms with Crippen LogP contribution in [0.4, 0.5) is 0 Å². The summed E-state index contributed by atoms with van der Waals surface area (Å²) in [6.07, 6.45) is 3.17. The molecule has 0 radical (unpaired) electrons. The predicted octanol–water partition coefficient (Wildman–Crippen LogP) is 1.04. The van der Waals surface area contributed by atoms with Crippen molar-refractivity contribution in [2.75, 3.05) is 32.7 Å². The van der Waals surface area contributed by atoms with Crippen molar-refractivity contribution >= 4 is 11.9 Å². The Bertz CT molecular complexity index is 334. The molecule has 1 N–H and O–H groups in total. The fourth-order valence-corrected chi connectivity index (χ4v) is 2.64. The van der Waals surface area contributed by atoms with E-state index in [2.05, 4.69) is 4.90 Å². The molecule has 1 amide bonds. The lowest BCUT2D eigenvalue weighted by Crippen LogP contribution is -2.49. The molecule has 1 aliphatic heterocycles. The van der Waals surface area contributed by atoms with Gasteiger partial charge in [0.25, 0.3) is 0 Å². The molecule has 1 saturated carbocycles. The van der Waals surface area contributed by atoms with Gasteiger partial charge >= 0.3 is 5.97 Å². The highest BCUT2D eigenvalue weighted by molar-refractivity contribution is 5.77. The zero-order valence-corrected chi connectivity index (χ0v) is 11.7. The van der Waals surface area contributed by atoms with Crippen molar-refractivity contribution in [3.05, 3.63) is 0 Å². The van der Waals surface area contributed by atoms with Gasteiger partial charge in [0, 0.05) is 45.6 Å².